The first-order valence-corrected chi connectivity index (χ1v) is 6.73. The molecule has 0 bridgehead atoms. The predicted molar refractivity (Wildman–Crippen MR) is 72.1 cm³/mol. The average Bonchev–Trinajstić information content (AvgIpc) is 2.90. The van der Waals surface area contributed by atoms with Crippen LogP contribution in [0.3, 0.4) is 0 Å². The molecule has 3 heterocycles. The van der Waals surface area contributed by atoms with Gasteiger partial charge in [0.25, 0.3) is 5.88 Å². The van der Waals surface area contributed by atoms with Gasteiger partial charge in [-0.2, -0.15) is 13.2 Å². The van der Waals surface area contributed by atoms with Crippen molar-refractivity contribution in [3.05, 3.63) is 24.2 Å². The third-order valence-electron chi connectivity index (χ3n) is 2.65. The molecule has 6 nitrogen and oxygen atoms in total. The van der Waals surface area contributed by atoms with Crippen molar-refractivity contribution in [1.29, 1.82) is 0 Å². The van der Waals surface area contributed by atoms with Crippen LogP contribution in [0.5, 0.6) is 5.88 Å². The summed E-state index contributed by atoms with van der Waals surface area (Å²) in [7, 11) is 0. The number of alkyl halides is 5. The van der Waals surface area contributed by atoms with E-state index in [1.54, 1.807) is 0 Å². The molecule has 0 spiro atoms. The van der Waals surface area contributed by atoms with Gasteiger partial charge in [-0.1, -0.05) is 0 Å². The van der Waals surface area contributed by atoms with E-state index in [2.05, 4.69) is 20.2 Å². The van der Waals surface area contributed by atoms with Gasteiger partial charge in [0, 0.05) is 6.20 Å². The van der Waals surface area contributed by atoms with Crippen molar-refractivity contribution in [2.24, 2.45) is 0 Å². The van der Waals surface area contributed by atoms with E-state index >= 15 is 0 Å². The lowest BCUT2D eigenvalue weighted by molar-refractivity contribution is -0.145. The monoisotopic (exact) mass is 351 g/mol. The van der Waals surface area contributed by atoms with Crippen LogP contribution in [0.1, 0.15) is 5.82 Å². The summed E-state index contributed by atoms with van der Waals surface area (Å²) >= 11 is 11.1. The molecule has 0 fully saturated rings. The van der Waals surface area contributed by atoms with Gasteiger partial charge >= 0.3 is 6.18 Å². The zero-order chi connectivity index (χ0) is 15.9. The van der Waals surface area contributed by atoms with E-state index in [4.69, 9.17) is 27.9 Å². The van der Waals surface area contributed by atoms with Gasteiger partial charge in [-0.15, -0.1) is 33.4 Å². The van der Waals surface area contributed by atoms with Crippen LogP contribution in [-0.4, -0.2) is 36.0 Å². The molecule has 3 aromatic heterocycles. The predicted octanol–water partition coefficient (Wildman–Crippen LogP) is 2.87. The molecule has 0 amide bonds. The molecule has 0 saturated heterocycles. The van der Waals surface area contributed by atoms with Crippen LogP contribution < -0.4 is 4.74 Å². The van der Waals surface area contributed by atoms with Gasteiger partial charge in [0.15, 0.2) is 5.65 Å². The molecule has 116 valence electrons. The molecule has 3 aromatic rings. The Hall–Kier alpha value is -1.87. The average molecular weight is 352 g/mol. The Bertz CT molecular complexity index is 836. The maximum atomic E-state index is 13.1. The Morgan fingerprint density at radius 2 is 2.00 bits per heavy atom. The number of fused-ring (bicyclic) bond motifs is 3. The van der Waals surface area contributed by atoms with Gasteiger partial charge in [-0.25, -0.2) is 14.4 Å². The highest BCUT2D eigenvalue weighted by molar-refractivity contribution is 6.44. The van der Waals surface area contributed by atoms with E-state index in [0.717, 1.165) is 4.40 Å². The molecule has 3 rings (SSSR count). The summed E-state index contributed by atoms with van der Waals surface area (Å²) in [5, 5.41) is 6.66. The van der Waals surface area contributed by atoms with Crippen molar-refractivity contribution in [3.63, 3.8) is 0 Å². The van der Waals surface area contributed by atoms with E-state index in [0.29, 0.717) is 0 Å². The molecule has 0 atom stereocenters. The minimum absolute atomic E-state index is 0.0320. The van der Waals surface area contributed by atoms with E-state index in [1.807, 2.05) is 0 Å². The highest BCUT2D eigenvalue weighted by atomic mass is 35.5. The first-order chi connectivity index (χ1) is 10.4. The van der Waals surface area contributed by atoms with Crippen LogP contribution in [0.2, 0.25) is 0 Å². The smallest absolute Gasteiger partial charge is 0.452 e. The molecule has 0 aliphatic carbocycles. The van der Waals surface area contributed by atoms with Crippen LogP contribution in [-0.2, 0) is 6.18 Å². The summed E-state index contributed by atoms with van der Waals surface area (Å²) in [6.07, 6.45) is -3.36. The second kappa shape index (κ2) is 5.40. The molecule has 0 aliphatic rings. The summed E-state index contributed by atoms with van der Waals surface area (Å²) in [5.41, 5.74) is -0.0565. The Balaban J connectivity index is 2.30. The summed E-state index contributed by atoms with van der Waals surface area (Å²) in [6, 6.07) is 3.03. The number of rotatable bonds is 3. The zero-order valence-electron chi connectivity index (χ0n) is 10.6. The second-order valence-corrected chi connectivity index (χ2v) is 5.42. The fourth-order valence-electron chi connectivity index (χ4n) is 1.85. The standard InChI is InChI=1S/C11H6Cl2F3N5O/c12-6(13)4-22-9-8-19-20-10(11(14,15)16)21(8)7-5(18-9)2-1-3-17-7/h1-3,6H,4H2. The molecular formula is C11H6Cl2F3N5O. The molecule has 0 aromatic carbocycles. The van der Waals surface area contributed by atoms with E-state index in [-0.39, 0.29) is 29.3 Å². The maximum Gasteiger partial charge on any atom is 0.452 e. The summed E-state index contributed by atoms with van der Waals surface area (Å²) < 4.78 is 45.2. The molecule has 0 saturated carbocycles. The number of aromatic nitrogens is 5. The summed E-state index contributed by atoms with van der Waals surface area (Å²) in [5.74, 6) is -1.37. The largest absolute Gasteiger partial charge is 0.472 e. The Morgan fingerprint density at radius 3 is 2.68 bits per heavy atom. The third-order valence-corrected chi connectivity index (χ3v) is 2.91. The van der Waals surface area contributed by atoms with Gasteiger partial charge in [0.1, 0.15) is 17.0 Å². The molecular weight excluding hydrogens is 346 g/mol. The van der Waals surface area contributed by atoms with Gasteiger partial charge in [0.05, 0.1) is 0 Å². The van der Waals surface area contributed by atoms with Crippen molar-refractivity contribution in [2.45, 2.75) is 11.0 Å². The van der Waals surface area contributed by atoms with E-state index < -0.39 is 16.8 Å². The molecule has 0 aliphatic heterocycles. The fourth-order valence-corrected chi connectivity index (χ4v) is 1.98. The minimum atomic E-state index is -4.70. The van der Waals surface area contributed by atoms with Crippen LogP contribution in [0.15, 0.2) is 18.3 Å². The zero-order valence-corrected chi connectivity index (χ0v) is 12.1. The second-order valence-electron chi connectivity index (χ2n) is 4.15. The number of hydrogen-bond donors (Lipinski definition) is 0. The van der Waals surface area contributed by atoms with Crippen LogP contribution in [0.4, 0.5) is 13.2 Å². The lowest BCUT2D eigenvalue weighted by Crippen LogP contribution is -2.13. The number of nitrogens with zero attached hydrogens (tertiary/aromatic N) is 5. The molecule has 22 heavy (non-hydrogen) atoms. The van der Waals surface area contributed by atoms with Crippen molar-refractivity contribution < 1.29 is 17.9 Å². The lowest BCUT2D eigenvalue weighted by Gasteiger charge is -2.10. The quantitative estimate of drug-likeness (QED) is 0.679. The van der Waals surface area contributed by atoms with Gasteiger partial charge in [-0.05, 0) is 12.1 Å². The SMILES string of the molecule is FC(F)(F)c1nnc2c(OCC(Cl)Cl)nc3cccnc3n12. The Morgan fingerprint density at radius 1 is 1.23 bits per heavy atom. The maximum absolute atomic E-state index is 13.1. The summed E-state index contributed by atoms with van der Waals surface area (Å²) in [4.78, 5) is 7.12. The van der Waals surface area contributed by atoms with Crippen molar-refractivity contribution >= 4 is 40.0 Å². The summed E-state index contributed by atoms with van der Waals surface area (Å²) in [6.45, 7) is -0.161. The highest BCUT2D eigenvalue weighted by Gasteiger charge is 2.38. The number of hydrogen-bond acceptors (Lipinski definition) is 5. The van der Waals surface area contributed by atoms with Crippen LogP contribution in [0, 0.1) is 0 Å². The van der Waals surface area contributed by atoms with Gasteiger partial charge < -0.3 is 4.74 Å². The molecule has 11 heteroatoms. The van der Waals surface area contributed by atoms with Gasteiger partial charge in [0.2, 0.25) is 11.5 Å². The Kier molecular flexibility index (Phi) is 3.69. The number of pyridine rings is 1. The van der Waals surface area contributed by atoms with E-state index in [1.165, 1.54) is 18.3 Å². The van der Waals surface area contributed by atoms with Crippen LogP contribution >= 0.6 is 23.2 Å². The molecule has 0 N–H and O–H groups in total. The number of halogens is 5. The van der Waals surface area contributed by atoms with E-state index in [9.17, 15) is 13.2 Å². The normalized spacial score (nSPS) is 12.5. The van der Waals surface area contributed by atoms with Crippen molar-refractivity contribution in [2.75, 3.05) is 6.61 Å². The lowest BCUT2D eigenvalue weighted by atomic mass is 10.4. The first kappa shape index (κ1) is 15.0. The highest BCUT2D eigenvalue weighted by Crippen LogP contribution is 2.31. The topological polar surface area (TPSA) is 65.2 Å². The molecule has 0 unspecified atom stereocenters. The van der Waals surface area contributed by atoms with Gasteiger partial charge in [-0.3, -0.25) is 0 Å². The molecule has 0 radical (unpaired) electrons. The fraction of sp³-hybridized carbons (Fsp3) is 0.273. The van der Waals surface area contributed by atoms with Crippen molar-refractivity contribution in [1.82, 2.24) is 24.6 Å². The first-order valence-electron chi connectivity index (χ1n) is 5.86. The van der Waals surface area contributed by atoms with Crippen LogP contribution in [0.25, 0.3) is 16.8 Å². The minimum Gasteiger partial charge on any atom is -0.472 e. The number of ether oxygens (including phenoxy) is 1. The van der Waals surface area contributed by atoms with Crippen molar-refractivity contribution in [3.8, 4) is 5.88 Å². The Labute approximate surface area is 130 Å². The third kappa shape index (κ3) is 2.61.